The molecule has 0 unspecified atom stereocenters. The fraction of sp³-hybridized carbons (Fsp3) is 0.250. The van der Waals surface area contributed by atoms with E-state index in [-0.39, 0.29) is 18.9 Å². The number of nitrogens with zero attached hydrogens (tertiary/aromatic N) is 2. The molecule has 146 valence electrons. The van der Waals surface area contributed by atoms with Gasteiger partial charge in [-0.05, 0) is 29.8 Å². The van der Waals surface area contributed by atoms with E-state index in [1.54, 1.807) is 39.5 Å². The van der Waals surface area contributed by atoms with Crippen LogP contribution in [0.3, 0.4) is 0 Å². The van der Waals surface area contributed by atoms with Crippen LogP contribution in [-0.4, -0.2) is 37.4 Å². The first-order valence-corrected chi connectivity index (χ1v) is 8.57. The van der Waals surface area contributed by atoms with Gasteiger partial charge in [-0.2, -0.15) is 4.98 Å². The second-order valence-corrected chi connectivity index (χ2v) is 5.88. The molecular formula is C20H21N3O5. The number of nitrogens with one attached hydrogen (secondary N) is 1. The summed E-state index contributed by atoms with van der Waals surface area (Å²) in [6, 6.07) is 12.6. The molecule has 1 amide bonds. The average Bonchev–Trinajstić information content (AvgIpc) is 3.21. The lowest BCUT2D eigenvalue weighted by atomic mass is 10.1. The average molecular weight is 383 g/mol. The maximum Gasteiger partial charge on any atom is 0.246 e. The Balaban J connectivity index is 1.60. The number of benzene rings is 2. The summed E-state index contributed by atoms with van der Waals surface area (Å²) in [5, 5.41) is 6.73. The minimum absolute atomic E-state index is 0.139. The van der Waals surface area contributed by atoms with Crippen LogP contribution in [0.1, 0.15) is 11.5 Å². The highest BCUT2D eigenvalue weighted by Gasteiger charge is 2.15. The van der Waals surface area contributed by atoms with Crippen LogP contribution in [0.15, 0.2) is 47.0 Å². The lowest BCUT2D eigenvalue weighted by Crippen LogP contribution is -2.24. The van der Waals surface area contributed by atoms with Crippen LogP contribution in [0, 0.1) is 0 Å². The number of aromatic nitrogens is 2. The molecule has 8 heteroatoms. The highest BCUT2D eigenvalue weighted by atomic mass is 16.5. The molecule has 0 fully saturated rings. The third kappa shape index (κ3) is 4.59. The molecule has 3 aromatic rings. The van der Waals surface area contributed by atoms with Crippen molar-refractivity contribution < 1.29 is 23.5 Å². The van der Waals surface area contributed by atoms with Crippen molar-refractivity contribution in [3.8, 4) is 28.6 Å². The standard InChI is InChI=1S/C20H21N3O5/c1-25-14-6-4-13(5-7-14)10-18(24)21-12-19-22-20(23-28-19)16-9-8-15(26-2)11-17(16)27-3/h4-9,11H,10,12H2,1-3H3,(H,21,24). The Labute approximate surface area is 162 Å². The molecule has 3 rings (SSSR count). The monoisotopic (exact) mass is 383 g/mol. The summed E-state index contributed by atoms with van der Waals surface area (Å²) >= 11 is 0. The highest BCUT2D eigenvalue weighted by molar-refractivity contribution is 5.78. The van der Waals surface area contributed by atoms with Gasteiger partial charge in [-0.15, -0.1) is 0 Å². The SMILES string of the molecule is COc1ccc(CC(=O)NCc2nc(-c3ccc(OC)cc3OC)no2)cc1. The Morgan fingerprint density at radius 1 is 1.00 bits per heavy atom. The molecule has 0 bridgehead atoms. The maximum absolute atomic E-state index is 12.1. The van der Waals surface area contributed by atoms with Crippen LogP contribution < -0.4 is 19.5 Å². The number of carbonyl (C=O) groups is 1. The van der Waals surface area contributed by atoms with E-state index in [0.717, 1.165) is 11.3 Å². The van der Waals surface area contributed by atoms with Gasteiger partial charge in [0, 0.05) is 6.07 Å². The Kier molecular flexibility index (Phi) is 6.11. The maximum atomic E-state index is 12.1. The van der Waals surface area contributed by atoms with E-state index < -0.39 is 0 Å². The third-order valence-corrected chi connectivity index (χ3v) is 4.08. The molecule has 0 radical (unpaired) electrons. The summed E-state index contributed by atoms with van der Waals surface area (Å²) in [6.45, 7) is 0.139. The fourth-order valence-electron chi connectivity index (χ4n) is 2.58. The lowest BCUT2D eigenvalue weighted by molar-refractivity contribution is -0.120. The van der Waals surface area contributed by atoms with Crippen LogP contribution in [0.5, 0.6) is 17.2 Å². The molecule has 2 aromatic carbocycles. The largest absolute Gasteiger partial charge is 0.497 e. The van der Waals surface area contributed by atoms with Crippen molar-refractivity contribution in [2.24, 2.45) is 0 Å². The Morgan fingerprint density at radius 2 is 1.71 bits per heavy atom. The first-order valence-electron chi connectivity index (χ1n) is 8.57. The zero-order valence-electron chi connectivity index (χ0n) is 15.9. The zero-order valence-corrected chi connectivity index (χ0v) is 15.9. The second kappa shape index (κ2) is 8.90. The molecule has 0 saturated carbocycles. The van der Waals surface area contributed by atoms with Gasteiger partial charge in [-0.1, -0.05) is 17.3 Å². The number of ether oxygens (including phenoxy) is 3. The summed E-state index contributed by atoms with van der Waals surface area (Å²) in [5.41, 5.74) is 1.55. The number of methoxy groups -OCH3 is 3. The number of hydrogen-bond acceptors (Lipinski definition) is 7. The summed E-state index contributed by atoms with van der Waals surface area (Å²) < 4.78 is 20.9. The van der Waals surface area contributed by atoms with Gasteiger partial charge in [0.05, 0.1) is 39.9 Å². The van der Waals surface area contributed by atoms with Gasteiger partial charge < -0.3 is 24.1 Å². The summed E-state index contributed by atoms with van der Waals surface area (Å²) in [6.07, 6.45) is 0.247. The van der Waals surface area contributed by atoms with Gasteiger partial charge in [0.2, 0.25) is 17.6 Å². The van der Waals surface area contributed by atoms with Crippen LogP contribution in [0.2, 0.25) is 0 Å². The number of hydrogen-bond donors (Lipinski definition) is 1. The van der Waals surface area contributed by atoms with Gasteiger partial charge in [0.1, 0.15) is 17.2 Å². The molecule has 28 heavy (non-hydrogen) atoms. The van der Waals surface area contributed by atoms with E-state index in [1.165, 1.54) is 0 Å². The van der Waals surface area contributed by atoms with Gasteiger partial charge in [0.25, 0.3) is 0 Å². The predicted molar refractivity (Wildman–Crippen MR) is 101 cm³/mol. The van der Waals surface area contributed by atoms with Crippen molar-refractivity contribution in [2.75, 3.05) is 21.3 Å². The summed E-state index contributed by atoms with van der Waals surface area (Å²) in [7, 11) is 4.73. The quantitative estimate of drug-likeness (QED) is 0.639. The van der Waals surface area contributed by atoms with Gasteiger partial charge >= 0.3 is 0 Å². The minimum Gasteiger partial charge on any atom is -0.497 e. The molecule has 1 aromatic heterocycles. The smallest absolute Gasteiger partial charge is 0.246 e. The van der Waals surface area contributed by atoms with Gasteiger partial charge in [-0.3, -0.25) is 4.79 Å². The van der Waals surface area contributed by atoms with Gasteiger partial charge in [-0.25, -0.2) is 0 Å². The summed E-state index contributed by atoms with van der Waals surface area (Å²) in [4.78, 5) is 16.4. The van der Waals surface area contributed by atoms with E-state index in [4.69, 9.17) is 18.7 Å². The number of amides is 1. The second-order valence-electron chi connectivity index (χ2n) is 5.88. The molecule has 0 spiro atoms. The van der Waals surface area contributed by atoms with Crippen molar-refractivity contribution in [1.82, 2.24) is 15.5 Å². The predicted octanol–water partition coefficient (Wildman–Crippen LogP) is 2.62. The molecular weight excluding hydrogens is 362 g/mol. The molecule has 0 atom stereocenters. The van der Waals surface area contributed by atoms with Crippen LogP contribution in [-0.2, 0) is 17.8 Å². The van der Waals surface area contributed by atoms with Crippen molar-refractivity contribution >= 4 is 5.91 Å². The van der Waals surface area contributed by atoms with Crippen molar-refractivity contribution in [2.45, 2.75) is 13.0 Å². The Hall–Kier alpha value is -3.55. The van der Waals surface area contributed by atoms with E-state index >= 15 is 0 Å². The van der Waals surface area contributed by atoms with E-state index in [9.17, 15) is 4.79 Å². The number of rotatable bonds is 8. The van der Waals surface area contributed by atoms with Crippen molar-refractivity contribution in [3.05, 3.63) is 53.9 Å². The lowest BCUT2D eigenvalue weighted by Gasteiger charge is -2.07. The molecule has 0 aliphatic carbocycles. The highest BCUT2D eigenvalue weighted by Crippen LogP contribution is 2.31. The van der Waals surface area contributed by atoms with Crippen molar-refractivity contribution in [3.63, 3.8) is 0 Å². The van der Waals surface area contributed by atoms with Crippen LogP contribution >= 0.6 is 0 Å². The van der Waals surface area contributed by atoms with E-state index in [0.29, 0.717) is 28.8 Å². The third-order valence-electron chi connectivity index (χ3n) is 4.08. The molecule has 8 nitrogen and oxygen atoms in total. The first kappa shape index (κ1) is 19.2. The van der Waals surface area contributed by atoms with Crippen LogP contribution in [0.25, 0.3) is 11.4 Å². The topological polar surface area (TPSA) is 95.7 Å². The fourth-order valence-corrected chi connectivity index (χ4v) is 2.58. The number of carbonyl (C=O) groups excluding carboxylic acids is 1. The molecule has 0 aliphatic heterocycles. The minimum atomic E-state index is -0.146. The molecule has 1 N–H and O–H groups in total. The molecule has 0 aliphatic rings. The molecule has 0 saturated heterocycles. The van der Waals surface area contributed by atoms with E-state index in [2.05, 4.69) is 15.5 Å². The Morgan fingerprint density at radius 3 is 2.39 bits per heavy atom. The summed E-state index contributed by atoms with van der Waals surface area (Å²) in [5.74, 6) is 2.50. The van der Waals surface area contributed by atoms with Crippen molar-refractivity contribution in [1.29, 1.82) is 0 Å². The first-order chi connectivity index (χ1) is 13.6. The van der Waals surface area contributed by atoms with Crippen LogP contribution in [0.4, 0.5) is 0 Å². The normalized spacial score (nSPS) is 10.4. The van der Waals surface area contributed by atoms with E-state index in [1.807, 2.05) is 24.3 Å². The van der Waals surface area contributed by atoms with Gasteiger partial charge in [0.15, 0.2) is 0 Å². The molecule has 1 heterocycles. The zero-order chi connectivity index (χ0) is 19.9. The Bertz CT molecular complexity index is 937.